The van der Waals surface area contributed by atoms with Crippen molar-refractivity contribution in [2.75, 3.05) is 20.7 Å². The van der Waals surface area contributed by atoms with Gasteiger partial charge in [-0.25, -0.2) is 4.57 Å². The molecule has 0 aliphatic heterocycles. The van der Waals surface area contributed by atoms with Gasteiger partial charge in [-0.3, -0.25) is 4.52 Å². The van der Waals surface area contributed by atoms with Crippen LogP contribution < -0.4 is 5.32 Å². The first-order chi connectivity index (χ1) is 4.47. The molecule has 10 heavy (non-hydrogen) atoms. The summed E-state index contributed by atoms with van der Waals surface area (Å²) in [5.74, 6) is 0. The molecule has 0 atom stereocenters. The van der Waals surface area contributed by atoms with Crippen molar-refractivity contribution in [2.24, 2.45) is 0 Å². The highest BCUT2D eigenvalue weighted by atomic mass is 31.2. The van der Waals surface area contributed by atoms with E-state index in [1.165, 1.54) is 6.92 Å². The Balaban J connectivity index is 0. The van der Waals surface area contributed by atoms with Gasteiger partial charge in [0, 0.05) is 0 Å². The van der Waals surface area contributed by atoms with Crippen molar-refractivity contribution >= 4 is 7.82 Å². The van der Waals surface area contributed by atoms with Gasteiger partial charge in [-0.1, -0.05) is 0 Å². The van der Waals surface area contributed by atoms with E-state index in [1.54, 1.807) is 0 Å². The van der Waals surface area contributed by atoms with E-state index in [2.05, 4.69) is 9.84 Å². The second-order valence-electron chi connectivity index (χ2n) is 1.41. The molecule has 0 aromatic carbocycles. The summed E-state index contributed by atoms with van der Waals surface area (Å²) in [6.07, 6.45) is 0. The fraction of sp³-hybridized carbons (Fsp3) is 1.00. The lowest BCUT2D eigenvalue weighted by atomic mass is 10.9. The van der Waals surface area contributed by atoms with Crippen molar-refractivity contribution in [3.8, 4) is 0 Å². The zero-order valence-electron chi connectivity index (χ0n) is 6.37. The maximum absolute atomic E-state index is 9.70. The second kappa shape index (κ2) is 7.18. The molecule has 64 valence electrons. The molecule has 0 bridgehead atoms. The van der Waals surface area contributed by atoms with Gasteiger partial charge in [0.15, 0.2) is 0 Å². The SMILES string of the molecule is CCOP(=O)(O)O.CNC. The number of phosphoric ester groups is 1. The minimum Gasteiger partial charge on any atom is -0.323 e. The lowest BCUT2D eigenvalue weighted by molar-refractivity contribution is 0.206. The van der Waals surface area contributed by atoms with Crippen molar-refractivity contribution in [2.45, 2.75) is 6.92 Å². The number of hydrogen-bond acceptors (Lipinski definition) is 3. The van der Waals surface area contributed by atoms with Crippen LogP contribution in [0.15, 0.2) is 0 Å². The van der Waals surface area contributed by atoms with Gasteiger partial charge in [0.05, 0.1) is 6.61 Å². The molecule has 0 radical (unpaired) electrons. The highest BCUT2D eigenvalue weighted by Gasteiger charge is 2.10. The minimum atomic E-state index is -4.17. The monoisotopic (exact) mass is 171 g/mol. The summed E-state index contributed by atoms with van der Waals surface area (Å²) in [5.41, 5.74) is 0. The van der Waals surface area contributed by atoms with E-state index < -0.39 is 7.82 Å². The molecule has 0 aromatic heterocycles. The molecule has 3 N–H and O–H groups in total. The van der Waals surface area contributed by atoms with Gasteiger partial charge in [0.1, 0.15) is 0 Å². The first-order valence-electron chi connectivity index (χ1n) is 2.76. The number of nitrogens with one attached hydrogen (secondary N) is 1. The number of rotatable bonds is 2. The van der Waals surface area contributed by atoms with Crippen molar-refractivity contribution in [3.05, 3.63) is 0 Å². The Kier molecular flexibility index (Phi) is 9.13. The van der Waals surface area contributed by atoms with Crippen molar-refractivity contribution in [1.29, 1.82) is 0 Å². The molecule has 0 rings (SSSR count). The van der Waals surface area contributed by atoms with E-state index in [4.69, 9.17) is 9.79 Å². The van der Waals surface area contributed by atoms with E-state index in [1.807, 2.05) is 14.1 Å². The topological polar surface area (TPSA) is 78.8 Å². The summed E-state index contributed by atoms with van der Waals surface area (Å²) < 4.78 is 13.6. The lowest BCUT2D eigenvalue weighted by Crippen LogP contribution is -1.89. The zero-order chi connectivity index (χ0) is 8.62. The summed E-state index contributed by atoms with van der Waals surface area (Å²) in [5, 5.41) is 2.75. The summed E-state index contributed by atoms with van der Waals surface area (Å²) >= 11 is 0. The summed E-state index contributed by atoms with van der Waals surface area (Å²) in [4.78, 5) is 15.8. The maximum atomic E-state index is 9.70. The van der Waals surface area contributed by atoms with Crippen LogP contribution in [0.2, 0.25) is 0 Å². The first-order valence-corrected chi connectivity index (χ1v) is 4.29. The van der Waals surface area contributed by atoms with Gasteiger partial charge < -0.3 is 15.1 Å². The van der Waals surface area contributed by atoms with E-state index >= 15 is 0 Å². The third-order valence-electron chi connectivity index (χ3n) is 0.297. The lowest BCUT2D eigenvalue weighted by Gasteiger charge is -1.98. The summed E-state index contributed by atoms with van der Waals surface area (Å²) in [7, 11) is -0.416. The molecule has 6 heteroatoms. The maximum Gasteiger partial charge on any atom is 0.469 e. The van der Waals surface area contributed by atoms with Crippen molar-refractivity contribution < 1.29 is 18.9 Å². The molecule has 0 fully saturated rings. The number of hydrogen-bond donors (Lipinski definition) is 3. The Bertz CT molecular complexity index is 101. The normalized spacial score (nSPS) is 10.1. The molecule has 5 nitrogen and oxygen atoms in total. The van der Waals surface area contributed by atoms with Gasteiger partial charge in [-0.05, 0) is 21.0 Å². The van der Waals surface area contributed by atoms with Crippen LogP contribution in [0.1, 0.15) is 6.92 Å². The molecule has 0 aliphatic rings. The highest BCUT2D eigenvalue weighted by molar-refractivity contribution is 7.46. The standard InChI is InChI=1S/C2H7N.C2H7O4P/c1-3-2;1-2-6-7(3,4)5/h3H,1-2H3;2H2,1H3,(H2,3,4,5). The van der Waals surface area contributed by atoms with Crippen LogP contribution in [0.3, 0.4) is 0 Å². The van der Waals surface area contributed by atoms with Crippen LogP contribution in [0.4, 0.5) is 0 Å². The van der Waals surface area contributed by atoms with Gasteiger partial charge in [0.25, 0.3) is 0 Å². The largest absolute Gasteiger partial charge is 0.469 e. The van der Waals surface area contributed by atoms with Gasteiger partial charge >= 0.3 is 7.82 Å². The zero-order valence-corrected chi connectivity index (χ0v) is 7.26. The summed E-state index contributed by atoms with van der Waals surface area (Å²) in [6, 6.07) is 0. The van der Waals surface area contributed by atoms with Crippen LogP contribution >= 0.6 is 7.82 Å². The fourth-order valence-electron chi connectivity index (χ4n) is 0.168. The molecule has 0 aliphatic carbocycles. The first kappa shape index (κ1) is 12.7. The molecule has 0 heterocycles. The molecule has 0 aromatic rings. The van der Waals surface area contributed by atoms with E-state index in [0.717, 1.165) is 0 Å². The van der Waals surface area contributed by atoms with Crippen LogP contribution in [0.25, 0.3) is 0 Å². The fourth-order valence-corrected chi connectivity index (χ4v) is 0.505. The van der Waals surface area contributed by atoms with Crippen LogP contribution in [0, 0.1) is 0 Å². The van der Waals surface area contributed by atoms with E-state index in [9.17, 15) is 4.57 Å². The Morgan fingerprint density at radius 1 is 1.50 bits per heavy atom. The van der Waals surface area contributed by atoms with Crippen molar-refractivity contribution in [3.63, 3.8) is 0 Å². The molecule has 0 spiro atoms. The molecular weight excluding hydrogens is 157 g/mol. The average molecular weight is 171 g/mol. The molecule has 0 saturated heterocycles. The van der Waals surface area contributed by atoms with Crippen LogP contribution in [0.5, 0.6) is 0 Å². The Hall–Kier alpha value is 0.0700. The van der Waals surface area contributed by atoms with E-state index in [0.29, 0.717) is 0 Å². The molecule has 0 amide bonds. The van der Waals surface area contributed by atoms with Gasteiger partial charge in [0.2, 0.25) is 0 Å². The van der Waals surface area contributed by atoms with Crippen LogP contribution in [-0.4, -0.2) is 30.5 Å². The molecule has 0 saturated carbocycles. The van der Waals surface area contributed by atoms with Crippen molar-refractivity contribution in [1.82, 2.24) is 5.32 Å². The Morgan fingerprint density at radius 2 is 1.80 bits per heavy atom. The Labute approximate surface area is 60.6 Å². The van der Waals surface area contributed by atoms with Gasteiger partial charge in [-0.2, -0.15) is 0 Å². The predicted octanol–water partition coefficient (Wildman–Crippen LogP) is -0.0488. The minimum absolute atomic E-state index is 0.0459. The smallest absolute Gasteiger partial charge is 0.323 e. The Morgan fingerprint density at radius 3 is 1.80 bits per heavy atom. The number of phosphoric acid groups is 1. The molecular formula is C4H14NO4P. The second-order valence-corrected chi connectivity index (χ2v) is 2.65. The average Bonchev–Trinajstić information content (AvgIpc) is 1.63. The summed E-state index contributed by atoms with van der Waals surface area (Å²) in [6.45, 7) is 1.56. The predicted molar refractivity (Wildman–Crippen MR) is 38.7 cm³/mol. The third-order valence-corrected chi connectivity index (χ3v) is 0.892. The van der Waals surface area contributed by atoms with Crippen LogP contribution in [-0.2, 0) is 9.09 Å². The van der Waals surface area contributed by atoms with E-state index in [-0.39, 0.29) is 6.61 Å². The highest BCUT2D eigenvalue weighted by Crippen LogP contribution is 2.34. The molecule has 0 unspecified atom stereocenters. The van der Waals surface area contributed by atoms with Gasteiger partial charge in [-0.15, -0.1) is 0 Å². The third kappa shape index (κ3) is 24.4. The quantitative estimate of drug-likeness (QED) is 0.508.